The SMILES string of the molecule is CCOC(=O)CC(C)c1ccc(C2CCN(C(=O)OC(C)(C)C)C(O)C2)cc1. The van der Waals surface area contributed by atoms with E-state index in [2.05, 4.69) is 12.1 Å². The zero-order valence-corrected chi connectivity index (χ0v) is 17.6. The van der Waals surface area contributed by atoms with Gasteiger partial charge in [-0.3, -0.25) is 9.69 Å². The predicted molar refractivity (Wildman–Crippen MR) is 107 cm³/mol. The number of hydrogen-bond acceptors (Lipinski definition) is 5. The van der Waals surface area contributed by atoms with Crippen molar-refractivity contribution >= 4 is 12.1 Å². The Kier molecular flexibility index (Phi) is 7.47. The van der Waals surface area contributed by atoms with Crippen LogP contribution in [0.4, 0.5) is 4.79 Å². The summed E-state index contributed by atoms with van der Waals surface area (Å²) in [7, 11) is 0. The molecule has 1 saturated heterocycles. The Morgan fingerprint density at radius 3 is 2.43 bits per heavy atom. The molecule has 28 heavy (non-hydrogen) atoms. The van der Waals surface area contributed by atoms with E-state index in [1.54, 1.807) is 6.92 Å². The van der Waals surface area contributed by atoms with E-state index in [9.17, 15) is 14.7 Å². The number of hydrogen-bond donors (Lipinski definition) is 1. The van der Waals surface area contributed by atoms with Gasteiger partial charge in [0, 0.05) is 6.54 Å². The molecule has 1 heterocycles. The van der Waals surface area contributed by atoms with Gasteiger partial charge in [0.05, 0.1) is 13.0 Å². The highest BCUT2D eigenvalue weighted by Gasteiger charge is 2.33. The summed E-state index contributed by atoms with van der Waals surface area (Å²) >= 11 is 0. The first kappa shape index (κ1) is 22.2. The fourth-order valence-electron chi connectivity index (χ4n) is 3.46. The monoisotopic (exact) mass is 391 g/mol. The molecule has 3 atom stereocenters. The lowest BCUT2D eigenvalue weighted by atomic mass is 9.87. The Hall–Kier alpha value is -2.08. The van der Waals surface area contributed by atoms with Gasteiger partial charge in [0.2, 0.25) is 0 Å². The highest BCUT2D eigenvalue weighted by atomic mass is 16.6. The smallest absolute Gasteiger partial charge is 0.412 e. The Balaban J connectivity index is 1.95. The molecule has 0 spiro atoms. The number of carbonyl (C=O) groups is 2. The van der Waals surface area contributed by atoms with Crippen LogP contribution in [-0.4, -0.2) is 47.0 Å². The van der Waals surface area contributed by atoms with E-state index in [1.807, 2.05) is 39.8 Å². The van der Waals surface area contributed by atoms with Crippen LogP contribution in [0.15, 0.2) is 24.3 Å². The fraction of sp³-hybridized carbons (Fsp3) is 0.636. The second kappa shape index (κ2) is 9.41. The van der Waals surface area contributed by atoms with Gasteiger partial charge in [0.15, 0.2) is 0 Å². The zero-order valence-electron chi connectivity index (χ0n) is 17.6. The van der Waals surface area contributed by atoms with Crippen LogP contribution in [0, 0.1) is 0 Å². The van der Waals surface area contributed by atoms with Gasteiger partial charge in [-0.2, -0.15) is 0 Å². The molecule has 0 aliphatic carbocycles. The molecule has 1 fully saturated rings. The molecule has 0 bridgehead atoms. The van der Waals surface area contributed by atoms with E-state index >= 15 is 0 Å². The van der Waals surface area contributed by atoms with E-state index in [-0.39, 0.29) is 17.8 Å². The number of likely N-dealkylation sites (tertiary alicyclic amines) is 1. The maximum atomic E-state index is 12.2. The third-order valence-corrected chi connectivity index (χ3v) is 4.96. The first-order valence-electron chi connectivity index (χ1n) is 10.0. The van der Waals surface area contributed by atoms with Crippen molar-refractivity contribution in [2.24, 2.45) is 0 Å². The molecule has 0 aromatic heterocycles. The number of ether oxygens (including phenoxy) is 2. The fourth-order valence-corrected chi connectivity index (χ4v) is 3.46. The molecule has 1 aromatic rings. The van der Waals surface area contributed by atoms with Crippen LogP contribution in [0.3, 0.4) is 0 Å². The Labute approximate surface area is 167 Å². The molecule has 1 aromatic carbocycles. The molecule has 3 unspecified atom stereocenters. The van der Waals surface area contributed by atoms with Crippen LogP contribution >= 0.6 is 0 Å². The Morgan fingerprint density at radius 1 is 1.25 bits per heavy atom. The molecule has 6 nitrogen and oxygen atoms in total. The molecule has 0 radical (unpaired) electrons. The minimum absolute atomic E-state index is 0.0905. The summed E-state index contributed by atoms with van der Waals surface area (Å²) in [6.07, 6.45) is 0.295. The zero-order chi connectivity index (χ0) is 20.9. The van der Waals surface area contributed by atoms with Crippen molar-refractivity contribution in [3.05, 3.63) is 35.4 Å². The van der Waals surface area contributed by atoms with Crippen molar-refractivity contribution in [1.82, 2.24) is 4.90 Å². The van der Waals surface area contributed by atoms with Gasteiger partial charge >= 0.3 is 12.1 Å². The van der Waals surface area contributed by atoms with Gasteiger partial charge in [-0.1, -0.05) is 31.2 Å². The summed E-state index contributed by atoms with van der Waals surface area (Å²) in [5.74, 6) is 0.0903. The highest BCUT2D eigenvalue weighted by Crippen LogP contribution is 2.32. The van der Waals surface area contributed by atoms with Crippen LogP contribution < -0.4 is 0 Å². The molecule has 1 N–H and O–H groups in total. The summed E-state index contributed by atoms with van der Waals surface area (Å²) in [4.78, 5) is 25.3. The summed E-state index contributed by atoms with van der Waals surface area (Å²) in [5, 5.41) is 10.4. The topological polar surface area (TPSA) is 76.1 Å². The van der Waals surface area contributed by atoms with E-state index in [1.165, 1.54) is 4.90 Å². The van der Waals surface area contributed by atoms with Crippen molar-refractivity contribution < 1.29 is 24.2 Å². The number of carbonyl (C=O) groups excluding carboxylic acids is 2. The minimum Gasteiger partial charge on any atom is -0.466 e. The summed E-state index contributed by atoms with van der Waals surface area (Å²) in [6.45, 7) is 10.1. The second-order valence-electron chi connectivity index (χ2n) is 8.45. The molecule has 1 amide bonds. The minimum atomic E-state index is -0.851. The molecule has 156 valence electrons. The van der Waals surface area contributed by atoms with Gasteiger partial charge in [-0.15, -0.1) is 0 Å². The predicted octanol–water partition coefficient (Wildman–Crippen LogP) is 4.18. The van der Waals surface area contributed by atoms with Crippen LogP contribution in [0.25, 0.3) is 0 Å². The molecule has 0 saturated carbocycles. The first-order chi connectivity index (χ1) is 13.1. The highest BCUT2D eigenvalue weighted by molar-refractivity contribution is 5.70. The van der Waals surface area contributed by atoms with Gasteiger partial charge in [-0.25, -0.2) is 4.79 Å². The molecular weight excluding hydrogens is 358 g/mol. The summed E-state index contributed by atoms with van der Waals surface area (Å²) in [5.41, 5.74) is 1.64. The normalized spacial score (nSPS) is 21.1. The Bertz CT molecular complexity index is 664. The van der Waals surface area contributed by atoms with E-state index in [0.29, 0.717) is 26.0 Å². The standard InChI is InChI=1S/C22H33NO5/c1-6-27-20(25)13-15(2)16-7-9-17(10-8-16)18-11-12-23(19(24)14-18)21(26)28-22(3,4)5/h7-10,15,18-19,24H,6,11-14H2,1-5H3. The second-order valence-corrected chi connectivity index (χ2v) is 8.45. The maximum Gasteiger partial charge on any atom is 0.412 e. The number of aliphatic hydroxyl groups is 1. The Morgan fingerprint density at radius 2 is 1.89 bits per heavy atom. The lowest BCUT2D eigenvalue weighted by Crippen LogP contribution is -2.47. The van der Waals surface area contributed by atoms with E-state index in [0.717, 1.165) is 17.5 Å². The van der Waals surface area contributed by atoms with Crippen molar-refractivity contribution in [1.29, 1.82) is 0 Å². The molecule has 6 heteroatoms. The van der Waals surface area contributed by atoms with Crippen molar-refractivity contribution in [3.8, 4) is 0 Å². The van der Waals surface area contributed by atoms with Gasteiger partial charge in [0.25, 0.3) is 0 Å². The largest absolute Gasteiger partial charge is 0.466 e. The van der Waals surface area contributed by atoms with Gasteiger partial charge in [-0.05, 0) is 63.5 Å². The summed E-state index contributed by atoms with van der Waals surface area (Å²) < 4.78 is 10.4. The van der Waals surface area contributed by atoms with Crippen LogP contribution in [0.1, 0.15) is 76.8 Å². The van der Waals surface area contributed by atoms with E-state index in [4.69, 9.17) is 9.47 Å². The molecule has 1 aliphatic heterocycles. The number of amides is 1. The number of aliphatic hydroxyl groups excluding tert-OH is 1. The average molecular weight is 392 g/mol. The van der Waals surface area contributed by atoms with E-state index < -0.39 is 17.9 Å². The lowest BCUT2D eigenvalue weighted by Gasteiger charge is -2.37. The average Bonchev–Trinajstić information content (AvgIpc) is 2.60. The maximum absolute atomic E-state index is 12.2. The third-order valence-electron chi connectivity index (χ3n) is 4.96. The number of rotatable bonds is 5. The van der Waals surface area contributed by atoms with Gasteiger partial charge < -0.3 is 14.6 Å². The first-order valence-corrected chi connectivity index (χ1v) is 10.0. The van der Waals surface area contributed by atoms with Gasteiger partial charge in [0.1, 0.15) is 11.8 Å². The van der Waals surface area contributed by atoms with Crippen molar-refractivity contribution in [3.63, 3.8) is 0 Å². The molecule has 1 aliphatic rings. The summed E-state index contributed by atoms with van der Waals surface area (Å²) in [6, 6.07) is 8.17. The molecule has 2 rings (SSSR count). The third kappa shape index (κ3) is 6.23. The lowest BCUT2D eigenvalue weighted by molar-refractivity contribution is -0.143. The number of esters is 1. The number of nitrogens with zero attached hydrogens (tertiary/aromatic N) is 1. The number of piperidine rings is 1. The number of benzene rings is 1. The van der Waals surface area contributed by atoms with Crippen LogP contribution in [0.2, 0.25) is 0 Å². The van der Waals surface area contributed by atoms with Crippen LogP contribution in [-0.2, 0) is 14.3 Å². The van der Waals surface area contributed by atoms with Crippen LogP contribution in [0.5, 0.6) is 0 Å². The van der Waals surface area contributed by atoms with Crippen molar-refractivity contribution in [2.45, 2.75) is 77.5 Å². The molecular formula is C22H33NO5. The van der Waals surface area contributed by atoms with Crippen molar-refractivity contribution in [2.75, 3.05) is 13.2 Å². The quantitative estimate of drug-likeness (QED) is 0.762.